The zero-order valence-electron chi connectivity index (χ0n) is 11.9. The van der Waals surface area contributed by atoms with Gasteiger partial charge >= 0.3 is 0 Å². The second-order valence-corrected chi connectivity index (χ2v) is 6.14. The summed E-state index contributed by atoms with van der Waals surface area (Å²) < 4.78 is 6.05. The molecule has 0 spiro atoms. The van der Waals surface area contributed by atoms with E-state index in [2.05, 4.69) is 43.4 Å². The normalized spacial score (nSPS) is 23.9. The molecule has 1 atom stereocenters. The van der Waals surface area contributed by atoms with Crippen molar-refractivity contribution in [3.8, 4) is 5.75 Å². The van der Waals surface area contributed by atoms with Gasteiger partial charge in [0.2, 0.25) is 0 Å². The minimum atomic E-state index is -0.159. The van der Waals surface area contributed by atoms with Crippen LogP contribution in [0.4, 0.5) is 0 Å². The monoisotopic (exact) mass is 257 g/mol. The molecule has 0 fully saturated rings. The average Bonchev–Trinajstić information content (AvgIpc) is 2.96. The molecule has 1 aliphatic carbocycles. The molecule has 0 amide bonds. The number of para-hydroxylation sites is 1. The third-order valence-electron chi connectivity index (χ3n) is 4.23. The van der Waals surface area contributed by atoms with E-state index in [9.17, 15) is 0 Å². The summed E-state index contributed by atoms with van der Waals surface area (Å²) in [5, 5.41) is 3.69. The van der Waals surface area contributed by atoms with Gasteiger partial charge in [-0.1, -0.05) is 29.8 Å². The Morgan fingerprint density at radius 1 is 1.32 bits per heavy atom. The van der Waals surface area contributed by atoms with Gasteiger partial charge in [0.05, 0.1) is 6.04 Å². The molecule has 2 aliphatic rings. The topological polar surface area (TPSA) is 21.3 Å². The lowest BCUT2D eigenvalue weighted by molar-refractivity contribution is 0.0968. The Bertz CT molecular complexity index is 490. The summed E-state index contributed by atoms with van der Waals surface area (Å²) in [5.74, 6) is 1.03. The molecule has 1 aliphatic heterocycles. The maximum Gasteiger partial charge on any atom is 0.125 e. The van der Waals surface area contributed by atoms with E-state index in [-0.39, 0.29) is 5.60 Å². The highest BCUT2D eigenvalue weighted by atomic mass is 16.5. The second-order valence-electron chi connectivity index (χ2n) is 6.14. The van der Waals surface area contributed by atoms with Crippen molar-refractivity contribution in [3.63, 3.8) is 0 Å². The third kappa shape index (κ3) is 2.55. The minimum absolute atomic E-state index is 0.159. The molecule has 0 radical (unpaired) electrons. The van der Waals surface area contributed by atoms with Crippen molar-refractivity contribution in [2.24, 2.45) is 0 Å². The van der Waals surface area contributed by atoms with Gasteiger partial charge in [-0.2, -0.15) is 0 Å². The molecule has 1 aromatic rings. The Labute approximate surface area is 115 Å². The first kappa shape index (κ1) is 12.7. The molecule has 0 aromatic heterocycles. The van der Waals surface area contributed by atoms with Crippen molar-refractivity contribution in [2.75, 3.05) is 6.54 Å². The lowest BCUT2D eigenvalue weighted by atomic mass is 9.94. The second kappa shape index (κ2) is 5.01. The molecule has 2 heteroatoms. The summed E-state index contributed by atoms with van der Waals surface area (Å²) in [4.78, 5) is 0. The lowest BCUT2D eigenvalue weighted by Gasteiger charge is -2.27. The van der Waals surface area contributed by atoms with Gasteiger partial charge < -0.3 is 10.1 Å². The molecule has 0 bridgehead atoms. The number of allylic oxidation sites excluding steroid dienone is 1. The zero-order valence-corrected chi connectivity index (χ0v) is 11.9. The van der Waals surface area contributed by atoms with E-state index in [1.165, 1.54) is 31.2 Å². The fourth-order valence-corrected chi connectivity index (χ4v) is 3.23. The molecule has 0 saturated heterocycles. The Hall–Kier alpha value is -1.28. The van der Waals surface area contributed by atoms with Gasteiger partial charge in [0.25, 0.3) is 0 Å². The number of benzene rings is 1. The summed E-state index contributed by atoms with van der Waals surface area (Å²) in [6.45, 7) is 5.37. The Balaban J connectivity index is 1.65. The molecule has 1 aromatic carbocycles. The highest BCUT2D eigenvalue weighted by Gasteiger charge is 2.40. The van der Waals surface area contributed by atoms with Crippen molar-refractivity contribution in [3.05, 3.63) is 41.5 Å². The fraction of sp³-hybridized carbons (Fsp3) is 0.529. The molecule has 1 unspecified atom stereocenters. The summed E-state index contributed by atoms with van der Waals surface area (Å²) in [6.07, 6.45) is 7.50. The number of rotatable bonds is 4. The molecule has 0 saturated carbocycles. The molecule has 2 nitrogen and oxygen atoms in total. The van der Waals surface area contributed by atoms with Crippen molar-refractivity contribution in [2.45, 2.75) is 51.2 Å². The van der Waals surface area contributed by atoms with Gasteiger partial charge in [0.1, 0.15) is 11.4 Å². The Morgan fingerprint density at radius 2 is 2.16 bits per heavy atom. The van der Waals surface area contributed by atoms with Crippen LogP contribution in [0, 0.1) is 0 Å². The summed E-state index contributed by atoms with van der Waals surface area (Å²) in [7, 11) is 0. The van der Waals surface area contributed by atoms with Crippen molar-refractivity contribution in [1.82, 2.24) is 5.32 Å². The van der Waals surface area contributed by atoms with Crippen molar-refractivity contribution >= 4 is 0 Å². The molecule has 3 rings (SSSR count). The first-order valence-electron chi connectivity index (χ1n) is 7.36. The first-order chi connectivity index (χ1) is 9.17. The van der Waals surface area contributed by atoms with E-state index < -0.39 is 0 Å². The van der Waals surface area contributed by atoms with Crippen LogP contribution in [0.3, 0.4) is 0 Å². The lowest BCUT2D eigenvalue weighted by Crippen LogP contribution is -2.39. The summed E-state index contributed by atoms with van der Waals surface area (Å²) in [5.41, 5.74) is 2.76. The predicted molar refractivity (Wildman–Crippen MR) is 78.4 cm³/mol. The van der Waals surface area contributed by atoms with E-state index in [0.29, 0.717) is 6.04 Å². The molecular weight excluding hydrogens is 234 g/mol. The highest BCUT2D eigenvalue weighted by molar-refractivity contribution is 5.42. The fourth-order valence-electron chi connectivity index (χ4n) is 3.23. The van der Waals surface area contributed by atoms with Crippen LogP contribution < -0.4 is 10.1 Å². The number of hydrogen-bond acceptors (Lipinski definition) is 2. The van der Waals surface area contributed by atoms with Crippen LogP contribution in [0.2, 0.25) is 0 Å². The number of fused-ring (bicyclic) bond motifs is 1. The van der Waals surface area contributed by atoms with Crippen LogP contribution in [0.15, 0.2) is 35.9 Å². The van der Waals surface area contributed by atoms with Gasteiger partial charge in [0, 0.05) is 5.56 Å². The van der Waals surface area contributed by atoms with Crippen LogP contribution in [0.25, 0.3) is 0 Å². The van der Waals surface area contributed by atoms with E-state index in [1.54, 1.807) is 5.57 Å². The Kier molecular flexibility index (Phi) is 3.36. The highest BCUT2D eigenvalue weighted by Crippen LogP contribution is 2.42. The zero-order chi connectivity index (χ0) is 13.3. The largest absolute Gasteiger partial charge is 0.486 e. The number of nitrogens with one attached hydrogen (secondary N) is 1. The number of ether oxygens (including phenoxy) is 1. The summed E-state index contributed by atoms with van der Waals surface area (Å²) in [6, 6.07) is 8.68. The van der Waals surface area contributed by atoms with Crippen LogP contribution in [-0.4, -0.2) is 12.1 Å². The molecule has 1 heterocycles. The van der Waals surface area contributed by atoms with Crippen LogP contribution in [0.5, 0.6) is 5.75 Å². The first-order valence-corrected chi connectivity index (χ1v) is 7.36. The quantitative estimate of drug-likeness (QED) is 0.823. The molecule has 1 N–H and O–H groups in total. The van der Waals surface area contributed by atoms with E-state index >= 15 is 0 Å². The Morgan fingerprint density at radius 3 is 2.95 bits per heavy atom. The van der Waals surface area contributed by atoms with E-state index in [4.69, 9.17) is 4.74 Å². The van der Waals surface area contributed by atoms with Gasteiger partial charge in [-0.05, 0) is 52.1 Å². The smallest absolute Gasteiger partial charge is 0.125 e. The minimum Gasteiger partial charge on any atom is -0.486 e. The van der Waals surface area contributed by atoms with Gasteiger partial charge in [-0.3, -0.25) is 0 Å². The summed E-state index contributed by atoms with van der Waals surface area (Å²) >= 11 is 0. The number of hydrogen-bond donors (Lipinski definition) is 1. The van der Waals surface area contributed by atoms with Crippen LogP contribution in [-0.2, 0) is 0 Å². The van der Waals surface area contributed by atoms with Crippen molar-refractivity contribution in [1.29, 1.82) is 0 Å². The predicted octanol–water partition coefficient (Wildman–Crippen LogP) is 3.99. The van der Waals surface area contributed by atoms with Gasteiger partial charge in [-0.25, -0.2) is 0 Å². The average molecular weight is 257 g/mol. The van der Waals surface area contributed by atoms with Crippen LogP contribution in [0.1, 0.15) is 51.1 Å². The maximum atomic E-state index is 6.05. The van der Waals surface area contributed by atoms with E-state index in [0.717, 1.165) is 12.3 Å². The molecule has 102 valence electrons. The molecular formula is C17H23NO. The third-order valence-corrected chi connectivity index (χ3v) is 4.23. The SMILES string of the molecule is CC1(C)Oc2ccccc2C1NCCC1=CCCC1. The van der Waals surface area contributed by atoms with Crippen molar-refractivity contribution < 1.29 is 4.74 Å². The maximum absolute atomic E-state index is 6.05. The van der Waals surface area contributed by atoms with Gasteiger partial charge in [0.15, 0.2) is 0 Å². The van der Waals surface area contributed by atoms with Crippen LogP contribution >= 0.6 is 0 Å². The standard InChI is InChI=1S/C17H23NO/c1-17(2)16(14-9-5-6-10-15(14)19-17)18-12-11-13-7-3-4-8-13/h5-7,9-10,16,18H,3-4,8,11-12H2,1-2H3. The van der Waals surface area contributed by atoms with E-state index in [1.807, 2.05) is 6.07 Å². The molecule has 19 heavy (non-hydrogen) atoms. The van der Waals surface area contributed by atoms with Gasteiger partial charge in [-0.15, -0.1) is 0 Å².